The highest BCUT2D eigenvalue weighted by Crippen LogP contribution is 2.21. The summed E-state index contributed by atoms with van der Waals surface area (Å²) >= 11 is 0. The summed E-state index contributed by atoms with van der Waals surface area (Å²) in [5.74, 6) is -0.0952. The number of rotatable bonds is 5. The van der Waals surface area contributed by atoms with Gasteiger partial charge in [0.15, 0.2) is 0 Å². The molecule has 0 unspecified atom stereocenters. The van der Waals surface area contributed by atoms with Gasteiger partial charge in [-0.3, -0.25) is 19.3 Å². The zero-order valence-corrected chi connectivity index (χ0v) is 17.4. The average Bonchev–Trinajstić information content (AvgIpc) is 3.40. The molecule has 3 amide bonds. The normalized spacial score (nSPS) is 25.5. The lowest BCUT2D eigenvalue weighted by atomic mass is 10.0. The minimum atomic E-state index is -0.404. The molecule has 162 valence electrons. The first-order chi connectivity index (χ1) is 14.5. The van der Waals surface area contributed by atoms with Crippen LogP contribution in [0.15, 0.2) is 24.3 Å². The fourth-order valence-corrected chi connectivity index (χ4v) is 4.51. The Morgan fingerprint density at radius 3 is 2.57 bits per heavy atom. The third-order valence-corrected chi connectivity index (χ3v) is 6.32. The third-order valence-electron chi connectivity index (χ3n) is 6.32. The van der Waals surface area contributed by atoms with Crippen LogP contribution in [0.2, 0.25) is 0 Å². The Morgan fingerprint density at radius 1 is 1.10 bits per heavy atom. The molecule has 0 saturated carbocycles. The molecule has 1 aromatic rings. The molecule has 2 atom stereocenters. The number of likely N-dealkylation sites (N-methyl/N-ethyl adjacent to an activating group) is 1. The molecule has 1 aromatic carbocycles. The number of piperidine rings is 1. The second-order valence-corrected chi connectivity index (χ2v) is 8.42. The second-order valence-electron chi connectivity index (χ2n) is 8.42. The number of carbonyl (C=O) groups excluding carboxylic acids is 3. The van der Waals surface area contributed by atoms with Crippen LogP contribution in [-0.4, -0.2) is 79.0 Å². The smallest absolute Gasteiger partial charge is 0.253 e. The van der Waals surface area contributed by atoms with Crippen LogP contribution in [0.1, 0.15) is 42.5 Å². The number of nitrogens with one attached hydrogen (secondary N) is 2. The summed E-state index contributed by atoms with van der Waals surface area (Å²) in [6, 6.07) is 7.08. The summed E-state index contributed by atoms with van der Waals surface area (Å²) < 4.78 is 5.40. The van der Waals surface area contributed by atoms with Gasteiger partial charge in [-0.25, -0.2) is 0 Å². The van der Waals surface area contributed by atoms with Gasteiger partial charge >= 0.3 is 0 Å². The largest absolute Gasteiger partial charge is 0.368 e. The van der Waals surface area contributed by atoms with Gasteiger partial charge in [0, 0.05) is 50.6 Å². The van der Waals surface area contributed by atoms with Crippen molar-refractivity contribution in [2.24, 2.45) is 0 Å². The first-order valence-electron chi connectivity index (χ1n) is 10.8. The molecule has 3 aliphatic rings. The molecular formula is C22H30N4O4. The van der Waals surface area contributed by atoms with Crippen LogP contribution in [0.25, 0.3) is 0 Å². The number of hydrogen-bond acceptors (Lipinski definition) is 5. The van der Waals surface area contributed by atoms with E-state index in [1.54, 1.807) is 29.2 Å². The van der Waals surface area contributed by atoms with E-state index in [0.717, 1.165) is 51.7 Å². The lowest BCUT2D eigenvalue weighted by Crippen LogP contribution is -2.50. The van der Waals surface area contributed by atoms with Crippen molar-refractivity contribution in [3.8, 4) is 0 Å². The Morgan fingerprint density at radius 2 is 1.90 bits per heavy atom. The highest BCUT2D eigenvalue weighted by atomic mass is 16.5. The van der Waals surface area contributed by atoms with E-state index in [-0.39, 0.29) is 29.8 Å². The number of anilines is 1. The van der Waals surface area contributed by atoms with E-state index in [2.05, 4.69) is 15.5 Å². The summed E-state index contributed by atoms with van der Waals surface area (Å²) in [5.41, 5.74) is 1.12. The maximum absolute atomic E-state index is 12.7. The SMILES string of the molecule is CN1CC[C@@H](N2CCC(NC(=O)c3cccc(NC(=O)[C@@H]4CCCO4)c3)CC2)C1=O. The maximum Gasteiger partial charge on any atom is 0.253 e. The van der Waals surface area contributed by atoms with Crippen molar-refractivity contribution in [1.29, 1.82) is 0 Å². The predicted octanol–water partition coefficient (Wildman–Crippen LogP) is 1.23. The van der Waals surface area contributed by atoms with E-state index in [9.17, 15) is 14.4 Å². The quantitative estimate of drug-likeness (QED) is 0.756. The molecule has 30 heavy (non-hydrogen) atoms. The molecule has 3 saturated heterocycles. The van der Waals surface area contributed by atoms with E-state index in [4.69, 9.17) is 4.74 Å². The number of likely N-dealkylation sites (tertiary alicyclic amines) is 2. The molecule has 0 aliphatic carbocycles. The number of amides is 3. The molecule has 0 spiro atoms. The van der Waals surface area contributed by atoms with Crippen LogP contribution in [0.5, 0.6) is 0 Å². The molecular weight excluding hydrogens is 384 g/mol. The van der Waals surface area contributed by atoms with Gasteiger partial charge in [0.1, 0.15) is 6.10 Å². The number of hydrogen-bond donors (Lipinski definition) is 2. The van der Waals surface area contributed by atoms with Crippen LogP contribution in [0.3, 0.4) is 0 Å². The lowest BCUT2D eigenvalue weighted by Gasteiger charge is -2.35. The molecule has 3 fully saturated rings. The Balaban J connectivity index is 1.28. The van der Waals surface area contributed by atoms with Gasteiger partial charge in [-0.05, 0) is 50.3 Å². The Bertz CT molecular complexity index is 800. The van der Waals surface area contributed by atoms with Crippen molar-refractivity contribution in [3.63, 3.8) is 0 Å². The van der Waals surface area contributed by atoms with Crippen molar-refractivity contribution in [3.05, 3.63) is 29.8 Å². The van der Waals surface area contributed by atoms with E-state index in [0.29, 0.717) is 17.9 Å². The van der Waals surface area contributed by atoms with Gasteiger partial charge in [-0.2, -0.15) is 0 Å². The molecule has 8 nitrogen and oxygen atoms in total. The highest BCUT2D eigenvalue weighted by Gasteiger charge is 2.36. The number of ether oxygens (including phenoxy) is 1. The molecule has 0 aromatic heterocycles. The van der Waals surface area contributed by atoms with Crippen molar-refractivity contribution in [2.75, 3.05) is 38.6 Å². The third kappa shape index (κ3) is 4.65. The molecule has 3 heterocycles. The topological polar surface area (TPSA) is 91.0 Å². The fraction of sp³-hybridized carbons (Fsp3) is 0.591. The van der Waals surface area contributed by atoms with Crippen LogP contribution in [0.4, 0.5) is 5.69 Å². The lowest BCUT2D eigenvalue weighted by molar-refractivity contribution is -0.131. The number of benzene rings is 1. The van der Waals surface area contributed by atoms with Gasteiger partial charge < -0.3 is 20.3 Å². The summed E-state index contributed by atoms with van der Waals surface area (Å²) in [4.78, 5) is 41.2. The van der Waals surface area contributed by atoms with E-state index >= 15 is 0 Å². The van der Waals surface area contributed by atoms with Gasteiger partial charge in [-0.15, -0.1) is 0 Å². The van der Waals surface area contributed by atoms with Gasteiger partial charge in [0.05, 0.1) is 6.04 Å². The highest BCUT2D eigenvalue weighted by molar-refractivity contribution is 5.98. The maximum atomic E-state index is 12.7. The summed E-state index contributed by atoms with van der Waals surface area (Å²) in [6.45, 7) is 3.06. The second kappa shape index (κ2) is 9.14. The summed E-state index contributed by atoms with van der Waals surface area (Å²) in [5, 5.41) is 5.94. The Labute approximate surface area is 176 Å². The van der Waals surface area contributed by atoms with E-state index in [1.165, 1.54) is 0 Å². The van der Waals surface area contributed by atoms with Crippen LogP contribution >= 0.6 is 0 Å². The predicted molar refractivity (Wildman–Crippen MR) is 112 cm³/mol. The zero-order chi connectivity index (χ0) is 21.1. The monoisotopic (exact) mass is 414 g/mol. The van der Waals surface area contributed by atoms with Crippen LogP contribution < -0.4 is 10.6 Å². The van der Waals surface area contributed by atoms with E-state index < -0.39 is 6.10 Å². The van der Waals surface area contributed by atoms with Crippen LogP contribution in [-0.2, 0) is 14.3 Å². The van der Waals surface area contributed by atoms with Crippen molar-refractivity contribution >= 4 is 23.4 Å². The molecule has 2 N–H and O–H groups in total. The Kier molecular flexibility index (Phi) is 6.34. The first-order valence-corrected chi connectivity index (χ1v) is 10.8. The molecule has 8 heteroatoms. The zero-order valence-electron chi connectivity index (χ0n) is 17.4. The fourth-order valence-electron chi connectivity index (χ4n) is 4.51. The minimum absolute atomic E-state index is 0.00390. The van der Waals surface area contributed by atoms with E-state index in [1.807, 2.05) is 7.05 Å². The number of carbonyl (C=O) groups is 3. The van der Waals surface area contributed by atoms with Crippen molar-refractivity contribution in [2.45, 2.75) is 50.3 Å². The summed E-state index contributed by atoms with van der Waals surface area (Å²) in [6.07, 6.45) is 3.76. The Hall–Kier alpha value is -2.45. The van der Waals surface area contributed by atoms with Crippen molar-refractivity contribution < 1.29 is 19.1 Å². The average molecular weight is 415 g/mol. The summed E-state index contributed by atoms with van der Waals surface area (Å²) in [7, 11) is 1.85. The molecule has 0 bridgehead atoms. The molecule has 4 rings (SSSR count). The number of nitrogens with zero attached hydrogens (tertiary/aromatic N) is 2. The van der Waals surface area contributed by atoms with Gasteiger partial charge in [0.25, 0.3) is 11.8 Å². The molecule has 0 radical (unpaired) electrons. The van der Waals surface area contributed by atoms with Crippen molar-refractivity contribution in [1.82, 2.24) is 15.1 Å². The van der Waals surface area contributed by atoms with Crippen LogP contribution in [0, 0.1) is 0 Å². The molecule has 3 aliphatic heterocycles. The first kappa shape index (κ1) is 20.8. The standard InChI is InChI=1S/C22H30N4O4/c1-25-10-9-18(22(25)29)26-11-7-16(8-12-26)23-20(27)15-4-2-5-17(14-15)24-21(28)19-6-3-13-30-19/h2,4-5,14,16,18-19H,3,6-13H2,1H3,(H,23,27)(H,24,28)/t18-,19+/m1/s1. The van der Waals surface area contributed by atoms with Gasteiger partial charge in [-0.1, -0.05) is 6.07 Å². The van der Waals surface area contributed by atoms with Gasteiger partial charge in [0.2, 0.25) is 5.91 Å². The minimum Gasteiger partial charge on any atom is -0.368 e.